The van der Waals surface area contributed by atoms with Crippen molar-refractivity contribution in [1.29, 1.82) is 0 Å². The van der Waals surface area contributed by atoms with E-state index in [0.29, 0.717) is 23.7 Å². The molecule has 0 bridgehead atoms. The summed E-state index contributed by atoms with van der Waals surface area (Å²) in [5.74, 6) is 1.31. The molecule has 4 rings (SSSR count). The van der Waals surface area contributed by atoms with Crippen molar-refractivity contribution >= 4 is 5.91 Å². The van der Waals surface area contributed by atoms with Gasteiger partial charge < -0.3 is 14.7 Å². The van der Waals surface area contributed by atoms with E-state index in [1.165, 1.54) is 19.4 Å². The number of amides is 1. The maximum Gasteiger partial charge on any atom is 0.273 e. The first-order chi connectivity index (χ1) is 9.79. The number of carbonyl (C=O) groups is 1. The van der Waals surface area contributed by atoms with E-state index in [1.807, 2.05) is 6.07 Å². The minimum Gasteiger partial charge on any atom is -0.360 e. The predicted octanol–water partition coefficient (Wildman–Crippen LogP) is 1.91. The predicted molar refractivity (Wildman–Crippen MR) is 73.6 cm³/mol. The third kappa shape index (κ3) is 2.35. The lowest BCUT2D eigenvalue weighted by Gasteiger charge is -2.34. The van der Waals surface area contributed by atoms with E-state index in [0.717, 1.165) is 38.0 Å². The molecular formula is C15H21N3O2. The molecule has 1 N–H and O–H groups in total. The van der Waals surface area contributed by atoms with Crippen LogP contribution in [0.15, 0.2) is 10.6 Å². The lowest BCUT2D eigenvalue weighted by molar-refractivity contribution is 0.0887. The van der Waals surface area contributed by atoms with Gasteiger partial charge in [0.1, 0.15) is 5.76 Å². The summed E-state index contributed by atoms with van der Waals surface area (Å²) in [4.78, 5) is 14.8. The second-order valence-corrected chi connectivity index (χ2v) is 6.42. The Morgan fingerprint density at radius 3 is 3.05 bits per heavy atom. The molecule has 2 aliphatic heterocycles. The molecule has 3 fully saturated rings. The number of nitrogens with one attached hydrogen (secondary N) is 1. The molecular weight excluding hydrogens is 254 g/mol. The van der Waals surface area contributed by atoms with Crippen LogP contribution in [-0.4, -0.2) is 41.1 Å². The molecule has 0 aromatic carbocycles. The van der Waals surface area contributed by atoms with Crippen LogP contribution in [0.1, 0.15) is 60.7 Å². The Balaban J connectivity index is 1.36. The molecule has 0 radical (unpaired) electrons. The van der Waals surface area contributed by atoms with Gasteiger partial charge in [0.25, 0.3) is 5.91 Å². The van der Waals surface area contributed by atoms with Crippen molar-refractivity contribution in [2.75, 3.05) is 13.1 Å². The summed E-state index contributed by atoms with van der Waals surface area (Å²) in [5, 5.41) is 7.04. The van der Waals surface area contributed by atoms with E-state index in [4.69, 9.17) is 4.52 Å². The molecule has 2 atom stereocenters. The summed E-state index contributed by atoms with van der Waals surface area (Å²) in [5.41, 5.74) is 0.445. The Morgan fingerprint density at radius 1 is 1.30 bits per heavy atom. The van der Waals surface area contributed by atoms with Crippen LogP contribution in [0.25, 0.3) is 0 Å². The molecule has 0 unspecified atom stereocenters. The Bertz CT molecular complexity index is 509. The number of nitrogens with zero attached hydrogens (tertiary/aromatic N) is 2. The average Bonchev–Trinajstić information content (AvgIpc) is 3.01. The zero-order valence-electron chi connectivity index (χ0n) is 11.7. The molecule has 1 saturated carbocycles. The number of rotatable bonds is 3. The SMILES string of the molecule is O=C(N[C@H]1CCN2CCC[C@@H]2C1)c1cc(C2CC2)on1. The minimum atomic E-state index is -0.0721. The summed E-state index contributed by atoms with van der Waals surface area (Å²) in [6.45, 7) is 2.35. The Hall–Kier alpha value is -1.36. The van der Waals surface area contributed by atoms with Crippen LogP contribution in [0.5, 0.6) is 0 Å². The van der Waals surface area contributed by atoms with Crippen molar-refractivity contribution in [3.8, 4) is 0 Å². The van der Waals surface area contributed by atoms with E-state index >= 15 is 0 Å². The monoisotopic (exact) mass is 275 g/mol. The first-order valence-electron chi connectivity index (χ1n) is 7.81. The van der Waals surface area contributed by atoms with Crippen molar-refractivity contribution in [3.05, 3.63) is 17.5 Å². The Morgan fingerprint density at radius 2 is 2.20 bits per heavy atom. The summed E-state index contributed by atoms with van der Waals surface area (Å²) < 4.78 is 5.25. The maximum atomic E-state index is 12.2. The van der Waals surface area contributed by atoms with E-state index < -0.39 is 0 Å². The molecule has 108 valence electrons. The second-order valence-electron chi connectivity index (χ2n) is 6.42. The molecule has 3 aliphatic rings. The van der Waals surface area contributed by atoms with Gasteiger partial charge in [0, 0.05) is 30.6 Å². The van der Waals surface area contributed by atoms with Gasteiger partial charge in [-0.05, 0) is 45.1 Å². The highest BCUT2D eigenvalue weighted by Crippen LogP contribution is 2.40. The molecule has 2 saturated heterocycles. The van der Waals surface area contributed by atoms with Crippen molar-refractivity contribution in [2.24, 2.45) is 0 Å². The van der Waals surface area contributed by atoms with E-state index in [1.54, 1.807) is 0 Å². The molecule has 5 heteroatoms. The number of aromatic nitrogens is 1. The van der Waals surface area contributed by atoms with Gasteiger partial charge in [-0.25, -0.2) is 0 Å². The lowest BCUT2D eigenvalue weighted by atomic mass is 9.97. The molecule has 1 aromatic rings. The van der Waals surface area contributed by atoms with Gasteiger partial charge in [-0.1, -0.05) is 5.16 Å². The zero-order chi connectivity index (χ0) is 13.5. The highest BCUT2D eigenvalue weighted by molar-refractivity contribution is 5.92. The third-order valence-corrected chi connectivity index (χ3v) is 4.90. The largest absolute Gasteiger partial charge is 0.360 e. The molecule has 0 spiro atoms. The number of carbonyl (C=O) groups excluding carboxylic acids is 1. The van der Waals surface area contributed by atoms with Crippen LogP contribution in [0.4, 0.5) is 0 Å². The number of fused-ring (bicyclic) bond motifs is 1. The minimum absolute atomic E-state index is 0.0721. The van der Waals surface area contributed by atoms with Crippen molar-refractivity contribution in [2.45, 2.75) is 56.5 Å². The van der Waals surface area contributed by atoms with Gasteiger partial charge in [0.05, 0.1) is 0 Å². The fraction of sp³-hybridized carbons (Fsp3) is 0.733. The number of piperidine rings is 1. The van der Waals surface area contributed by atoms with Gasteiger partial charge >= 0.3 is 0 Å². The molecule has 5 nitrogen and oxygen atoms in total. The maximum absolute atomic E-state index is 12.2. The third-order valence-electron chi connectivity index (χ3n) is 4.90. The first kappa shape index (κ1) is 12.4. The van der Waals surface area contributed by atoms with Gasteiger partial charge in [0.2, 0.25) is 0 Å². The number of hydrogen-bond acceptors (Lipinski definition) is 4. The van der Waals surface area contributed by atoms with Gasteiger partial charge in [-0.15, -0.1) is 0 Å². The summed E-state index contributed by atoms with van der Waals surface area (Å²) in [7, 11) is 0. The Kier molecular flexibility index (Phi) is 3.02. The van der Waals surface area contributed by atoms with Crippen molar-refractivity contribution in [3.63, 3.8) is 0 Å². The van der Waals surface area contributed by atoms with E-state index in [-0.39, 0.29) is 5.91 Å². The molecule has 1 aliphatic carbocycles. The van der Waals surface area contributed by atoms with E-state index in [2.05, 4.69) is 15.4 Å². The Labute approximate surface area is 118 Å². The van der Waals surface area contributed by atoms with Crippen LogP contribution in [0.3, 0.4) is 0 Å². The smallest absolute Gasteiger partial charge is 0.273 e. The standard InChI is InChI=1S/C15H21N3O2/c19-15(13-9-14(20-17-13)10-3-4-10)16-11-5-7-18-6-1-2-12(18)8-11/h9-12H,1-8H2,(H,16,19)/t11-,12+/m0/s1. The van der Waals surface area contributed by atoms with Gasteiger partial charge in [-0.3, -0.25) is 4.79 Å². The second kappa shape index (κ2) is 4.88. The highest BCUT2D eigenvalue weighted by atomic mass is 16.5. The quantitative estimate of drug-likeness (QED) is 0.915. The molecule has 3 heterocycles. The molecule has 20 heavy (non-hydrogen) atoms. The zero-order valence-corrected chi connectivity index (χ0v) is 11.7. The van der Waals surface area contributed by atoms with Crippen LogP contribution in [-0.2, 0) is 0 Å². The fourth-order valence-corrected chi connectivity index (χ4v) is 3.57. The summed E-state index contributed by atoms with van der Waals surface area (Å²) in [6.07, 6.45) is 7.04. The van der Waals surface area contributed by atoms with Gasteiger partial charge in [-0.2, -0.15) is 0 Å². The van der Waals surface area contributed by atoms with E-state index in [9.17, 15) is 4.79 Å². The van der Waals surface area contributed by atoms with Crippen molar-refractivity contribution < 1.29 is 9.32 Å². The normalized spacial score (nSPS) is 30.2. The van der Waals surface area contributed by atoms with Crippen LogP contribution >= 0.6 is 0 Å². The average molecular weight is 275 g/mol. The van der Waals surface area contributed by atoms with Crippen LogP contribution < -0.4 is 5.32 Å². The fourth-order valence-electron chi connectivity index (χ4n) is 3.57. The highest BCUT2D eigenvalue weighted by Gasteiger charge is 2.33. The van der Waals surface area contributed by atoms with Gasteiger partial charge in [0.15, 0.2) is 5.69 Å². The molecule has 1 amide bonds. The van der Waals surface area contributed by atoms with Crippen molar-refractivity contribution in [1.82, 2.24) is 15.4 Å². The van der Waals surface area contributed by atoms with Crippen LogP contribution in [0.2, 0.25) is 0 Å². The summed E-state index contributed by atoms with van der Waals surface area (Å²) in [6, 6.07) is 2.79. The number of hydrogen-bond donors (Lipinski definition) is 1. The lowest BCUT2D eigenvalue weighted by Crippen LogP contribution is -2.47. The first-order valence-corrected chi connectivity index (χ1v) is 7.81. The van der Waals surface area contributed by atoms with Crippen LogP contribution in [0, 0.1) is 0 Å². The summed E-state index contributed by atoms with van der Waals surface area (Å²) >= 11 is 0. The molecule has 1 aromatic heterocycles. The topological polar surface area (TPSA) is 58.4 Å².